The molecule has 0 saturated carbocycles. The van der Waals surface area contributed by atoms with Gasteiger partial charge in [0.15, 0.2) is 0 Å². The predicted octanol–water partition coefficient (Wildman–Crippen LogP) is 5.16. The van der Waals surface area contributed by atoms with Gasteiger partial charge in [0.2, 0.25) is 0 Å². The molecular weight excluding hydrogens is 339 g/mol. The standard InChI is InChI=1S/C20H18Cl2N2/c21-15-6-7-16(19(22)10-15)18-13-24(12-14-4-2-1-3-5-14)20-8-9-23-11-17(18)20/h1-7,10,13,23H,8-9,11-12H2. The van der Waals surface area contributed by atoms with Gasteiger partial charge in [-0.2, -0.15) is 0 Å². The molecule has 1 aliphatic rings. The second kappa shape index (κ2) is 6.64. The molecule has 2 heterocycles. The van der Waals surface area contributed by atoms with E-state index in [4.69, 9.17) is 23.2 Å². The SMILES string of the molecule is Clc1ccc(-c2cn(Cc3ccccc3)c3c2CNCC3)c(Cl)c1. The average molecular weight is 357 g/mol. The zero-order valence-electron chi connectivity index (χ0n) is 13.2. The van der Waals surface area contributed by atoms with E-state index >= 15 is 0 Å². The van der Waals surface area contributed by atoms with E-state index in [9.17, 15) is 0 Å². The summed E-state index contributed by atoms with van der Waals surface area (Å²) in [5.74, 6) is 0. The third-order valence-electron chi connectivity index (χ3n) is 4.56. The summed E-state index contributed by atoms with van der Waals surface area (Å²) in [5, 5.41) is 4.84. The second-order valence-corrected chi connectivity index (χ2v) is 6.98. The maximum atomic E-state index is 6.46. The van der Waals surface area contributed by atoms with Crippen molar-refractivity contribution >= 4 is 23.2 Å². The highest BCUT2D eigenvalue weighted by Gasteiger charge is 2.21. The van der Waals surface area contributed by atoms with Crippen molar-refractivity contribution < 1.29 is 0 Å². The highest BCUT2D eigenvalue weighted by Crippen LogP contribution is 2.36. The van der Waals surface area contributed by atoms with E-state index in [2.05, 4.69) is 46.4 Å². The monoisotopic (exact) mass is 356 g/mol. The van der Waals surface area contributed by atoms with Crippen molar-refractivity contribution in [1.82, 2.24) is 9.88 Å². The van der Waals surface area contributed by atoms with E-state index in [0.29, 0.717) is 10.0 Å². The van der Waals surface area contributed by atoms with Crippen LogP contribution < -0.4 is 5.32 Å². The lowest BCUT2D eigenvalue weighted by Gasteiger charge is -2.18. The van der Waals surface area contributed by atoms with Crippen molar-refractivity contribution in [2.24, 2.45) is 0 Å². The largest absolute Gasteiger partial charge is 0.346 e. The van der Waals surface area contributed by atoms with Crippen molar-refractivity contribution in [3.05, 3.63) is 81.6 Å². The lowest BCUT2D eigenvalue weighted by Crippen LogP contribution is -2.25. The molecule has 1 aromatic heterocycles. The Bertz CT molecular complexity index is 869. The van der Waals surface area contributed by atoms with Crippen molar-refractivity contribution in [2.45, 2.75) is 19.5 Å². The molecular formula is C20H18Cl2N2. The summed E-state index contributed by atoms with van der Waals surface area (Å²) >= 11 is 12.5. The third kappa shape index (κ3) is 2.98. The van der Waals surface area contributed by atoms with Gasteiger partial charge in [0.1, 0.15) is 0 Å². The number of halogens is 2. The number of benzene rings is 2. The molecule has 0 bridgehead atoms. The first-order valence-electron chi connectivity index (χ1n) is 8.13. The molecule has 2 aromatic carbocycles. The summed E-state index contributed by atoms with van der Waals surface area (Å²) in [4.78, 5) is 0. The van der Waals surface area contributed by atoms with E-state index in [1.807, 2.05) is 18.2 Å². The Kier molecular flexibility index (Phi) is 4.36. The van der Waals surface area contributed by atoms with E-state index < -0.39 is 0 Å². The number of hydrogen-bond acceptors (Lipinski definition) is 1. The van der Waals surface area contributed by atoms with E-state index in [1.165, 1.54) is 22.4 Å². The number of fused-ring (bicyclic) bond motifs is 1. The molecule has 3 aromatic rings. The van der Waals surface area contributed by atoms with Crippen LogP contribution in [0, 0.1) is 0 Å². The molecule has 0 radical (unpaired) electrons. The summed E-state index contributed by atoms with van der Waals surface area (Å²) in [6.45, 7) is 2.78. The molecule has 1 aliphatic heterocycles. The molecule has 0 atom stereocenters. The van der Waals surface area contributed by atoms with Gasteiger partial charge in [-0.25, -0.2) is 0 Å². The molecule has 122 valence electrons. The first kappa shape index (κ1) is 15.8. The Balaban J connectivity index is 1.80. The number of hydrogen-bond donors (Lipinski definition) is 1. The van der Waals surface area contributed by atoms with Crippen LogP contribution in [0.2, 0.25) is 10.0 Å². The van der Waals surface area contributed by atoms with Crippen LogP contribution in [-0.2, 0) is 19.5 Å². The normalized spacial score (nSPS) is 13.8. The molecule has 0 spiro atoms. The number of nitrogens with one attached hydrogen (secondary N) is 1. The third-order valence-corrected chi connectivity index (χ3v) is 5.11. The highest BCUT2D eigenvalue weighted by atomic mass is 35.5. The van der Waals surface area contributed by atoms with Crippen LogP contribution >= 0.6 is 23.2 Å². The fourth-order valence-corrected chi connectivity index (χ4v) is 3.92. The molecule has 24 heavy (non-hydrogen) atoms. The van der Waals surface area contributed by atoms with Gasteiger partial charge in [0.05, 0.1) is 0 Å². The maximum absolute atomic E-state index is 6.46. The van der Waals surface area contributed by atoms with Gasteiger partial charge in [-0.15, -0.1) is 0 Å². The number of nitrogens with zero attached hydrogens (tertiary/aromatic N) is 1. The van der Waals surface area contributed by atoms with Crippen LogP contribution in [-0.4, -0.2) is 11.1 Å². The summed E-state index contributed by atoms with van der Waals surface area (Å²) in [7, 11) is 0. The smallest absolute Gasteiger partial charge is 0.0499 e. The van der Waals surface area contributed by atoms with Crippen LogP contribution in [0.25, 0.3) is 11.1 Å². The summed E-state index contributed by atoms with van der Waals surface area (Å²) < 4.78 is 2.37. The molecule has 4 rings (SSSR count). The van der Waals surface area contributed by atoms with Crippen LogP contribution in [0.3, 0.4) is 0 Å². The van der Waals surface area contributed by atoms with E-state index in [0.717, 1.165) is 31.6 Å². The Morgan fingerprint density at radius 1 is 1.00 bits per heavy atom. The number of rotatable bonds is 3. The molecule has 1 N–H and O–H groups in total. The van der Waals surface area contributed by atoms with E-state index in [-0.39, 0.29) is 0 Å². The quantitative estimate of drug-likeness (QED) is 0.685. The van der Waals surface area contributed by atoms with Crippen molar-refractivity contribution in [2.75, 3.05) is 6.54 Å². The Labute approximate surface area is 152 Å². The molecule has 0 amide bonds. The van der Waals surface area contributed by atoms with E-state index in [1.54, 1.807) is 0 Å². The first-order chi connectivity index (χ1) is 11.7. The van der Waals surface area contributed by atoms with Gasteiger partial charge in [-0.3, -0.25) is 0 Å². The van der Waals surface area contributed by atoms with Gasteiger partial charge < -0.3 is 9.88 Å². The Morgan fingerprint density at radius 2 is 1.83 bits per heavy atom. The topological polar surface area (TPSA) is 17.0 Å². The first-order valence-corrected chi connectivity index (χ1v) is 8.89. The van der Waals surface area contributed by atoms with Gasteiger partial charge in [-0.1, -0.05) is 59.6 Å². The minimum absolute atomic E-state index is 0.666. The zero-order valence-corrected chi connectivity index (χ0v) is 14.7. The minimum atomic E-state index is 0.666. The van der Waals surface area contributed by atoms with Crippen LogP contribution in [0.5, 0.6) is 0 Å². The van der Waals surface area contributed by atoms with Gasteiger partial charge in [-0.05, 0) is 23.3 Å². The van der Waals surface area contributed by atoms with Crippen LogP contribution in [0.15, 0.2) is 54.7 Å². The van der Waals surface area contributed by atoms with Crippen molar-refractivity contribution in [3.8, 4) is 11.1 Å². The zero-order chi connectivity index (χ0) is 16.5. The van der Waals surface area contributed by atoms with Gasteiger partial charge in [0, 0.05) is 59.1 Å². The van der Waals surface area contributed by atoms with Crippen LogP contribution in [0.4, 0.5) is 0 Å². The maximum Gasteiger partial charge on any atom is 0.0499 e. The molecule has 0 fully saturated rings. The Hall–Kier alpha value is -1.74. The van der Waals surface area contributed by atoms with Crippen molar-refractivity contribution in [3.63, 3.8) is 0 Å². The lowest BCUT2D eigenvalue weighted by atomic mass is 10.00. The molecule has 0 saturated heterocycles. The average Bonchev–Trinajstić information content (AvgIpc) is 2.95. The predicted molar refractivity (Wildman–Crippen MR) is 101 cm³/mol. The highest BCUT2D eigenvalue weighted by molar-refractivity contribution is 6.36. The summed E-state index contributed by atoms with van der Waals surface area (Å²) in [6.07, 6.45) is 3.27. The minimum Gasteiger partial charge on any atom is -0.346 e. The van der Waals surface area contributed by atoms with Crippen molar-refractivity contribution in [1.29, 1.82) is 0 Å². The van der Waals surface area contributed by atoms with Gasteiger partial charge >= 0.3 is 0 Å². The molecule has 0 aliphatic carbocycles. The summed E-state index contributed by atoms with van der Waals surface area (Å²) in [5.41, 5.74) is 6.31. The molecule has 2 nitrogen and oxygen atoms in total. The fourth-order valence-electron chi connectivity index (χ4n) is 3.41. The van der Waals surface area contributed by atoms with Crippen LogP contribution in [0.1, 0.15) is 16.8 Å². The Morgan fingerprint density at radius 3 is 2.62 bits per heavy atom. The second-order valence-electron chi connectivity index (χ2n) is 6.13. The fraction of sp³-hybridized carbons (Fsp3) is 0.200. The number of aromatic nitrogens is 1. The summed E-state index contributed by atoms with van der Waals surface area (Å²) in [6, 6.07) is 16.3. The lowest BCUT2D eigenvalue weighted by molar-refractivity contribution is 0.607. The molecule has 0 unspecified atom stereocenters. The molecule has 4 heteroatoms. The van der Waals surface area contributed by atoms with Gasteiger partial charge in [0.25, 0.3) is 0 Å².